The molecule has 0 aliphatic carbocycles. The lowest BCUT2D eigenvalue weighted by Gasteiger charge is -2.03. The summed E-state index contributed by atoms with van der Waals surface area (Å²) in [6, 6.07) is 26.8. The quantitative estimate of drug-likeness (QED) is 0.388. The average Bonchev–Trinajstić information content (AvgIpc) is 3.48. The van der Waals surface area contributed by atoms with Crippen molar-refractivity contribution in [1.29, 1.82) is 0 Å². The monoisotopic (exact) mass is 454 g/mol. The van der Waals surface area contributed by atoms with E-state index >= 15 is 0 Å². The number of nitrogens with zero attached hydrogens (tertiary/aromatic N) is 5. The highest BCUT2D eigenvalue weighted by Gasteiger charge is 2.20. The average molecular weight is 455 g/mol. The third kappa shape index (κ3) is 4.68. The second kappa shape index (κ2) is 9.10. The topological polar surface area (TPSA) is 77.6 Å². The Kier molecular flexibility index (Phi) is 5.70. The minimum Gasteiger partial charge on any atom is -0.289 e. The van der Waals surface area contributed by atoms with Gasteiger partial charge < -0.3 is 0 Å². The van der Waals surface area contributed by atoms with Gasteiger partial charge in [-0.15, -0.1) is 5.10 Å². The molecule has 7 nitrogen and oxygen atoms in total. The predicted octanol–water partition coefficient (Wildman–Crippen LogP) is 5.08. The molecule has 3 aromatic carbocycles. The minimum atomic E-state index is -0.337. The number of hydrogen-bond acceptors (Lipinski definition) is 4. The lowest BCUT2D eigenvalue weighted by molar-refractivity contribution is 0.102. The van der Waals surface area contributed by atoms with Gasteiger partial charge in [-0.3, -0.25) is 10.1 Å². The van der Waals surface area contributed by atoms with Crippen LogP contribution in [-0.2, 0) is 6.54 Å². The minimum absolute atomic E-state index is 0.216. The fraction of sp³-hybridized carbons (Fsp3) is 0.0400. The standard InChI is InChI=1S/C25H19ClN6O/c26-20-11-7-8-18(14-20)15-31-17-27-25(30-31)28-24(33)22-16-32(21-12-5-2-6-13-21)29-23(22)19-9-3-1-4-10-19/h1-14,16-17H,15H2,(H,28,30,33). The highest BCUT2D eigenvalue weighted by atomic mass is 35.5. The maximum Gasteiger partial charge on any atom is 0.261 e. The van der Waals surface area contributed by atoms with Crippen LogP contribution in [0.2, 0.25) is 5.02 Å². The van der Waals surface area contributed by atoms with Gasteiger partial charge in [0.15, 0.2) is 0 Å². The van der Waals surface area contributed by atoms with Gasteiger partial charge in [0.25, 0.3) is 5.91 Å². The van der Waals surface area contributed by atoms with Gasteiger partial charge in [0, 0.05) is 16.8 Å². The van der Waals surface area contributed by atoms with Crippen LogP contribution in [0.4, 0.5) is 5.95 Å². The van der Waals surface area contributed by atoms with Crippen LogP contribution >= 0.6 is 11.6 Å². The molecule has 8 heteroatoms. The molecule has 0 spiro atoms. The summed E-state index contributed by atoms with van der Waals surface area (Å²) in [6.07, 6.45) is 3.29. The molecular formula is C25H19ClN6O. The van der Waals surface area contributed by atoms with Crippen molar-refractivity contribution in [1.82, 2.24) is 24.5 Å². The van der Waals surface area contributed by atoms with Crippen LogP contribution in [0.5, 0.6) is 0 Å². The number of rotatable bonds is 6. The van der Waals surface area contributed by atoms with E-state index in [9.17, 15) is 4.79 Å². The Labute approximate surface area is 195 Å². The van der Waals surface area contributed by atoms with Crippen molar-refractivity contribution in [3.63, 3.8) is 0 Å². The molecule has 5 aromatic rings. The van der Waals surface area contributed by atoms with E-state index in [2.05, 4.69) is 20.5 Å². The van der Waals surface area contributed by atoms with Crippen molar-refractivity contribution in [3.8, 4) is 16.9 Å². The summed E-state index contributed by atoms with van der Waals surface area (Å²) in [6.45, 7) is 0.491. The van der Waals surface area contributed by atoms with Crippen LogP contribution in [0.3, 0.4) is 0 Å². The number of amides is 1. The molecule has 0 bridgehead atoms. The third-order valence-electron chi connectivity index (χ3n) is 5.02. The Morgan fingerprint density at radius 1 is 0.909 bits per heavy atom. The van der Waals surface area contributed by atoms with Crippen LogP contribution in [0, 0.1) is 0 Å². The van der Waals surface area contributed by atoms with Crippen molar-refractivity contribution in [2.75, 3.05) is 5.32 Å². The molecule has 162 valence electrons. The number of carbonyl (C=O) groups is 1. The Morgan fingerprint density at radius 3 is 2.42 bits per heavy atom. The molecule has 5 rings (SSSR count). The van der Waals surface area contributed by atoms with Crippen LogP contribution in [0.25, 0.3) is 16.9 Å². The van der Waals surface area contributed by atoms with Gasteiger partial charge in [0.1, 0.15) is 12.0 Å². The number of anilines is 1. The number of nitrogens with one attached hydrogen (secondary N) is 1. The van der Waals surface area contributed by atoms with E-state index < -0.39 is 0 Å². The molecule has 1 N–H and O–H groups in total. The van der Waals surface area contributed by atoms with Gasteiger partial charge in [0.2, 0.25) is 5.95 Å². The number of hydrogen-bond donors (Lipinski definition) is 1. The molecule has 0 saturated heterocycles. The molecule has 0 aliphatic rings. The molecule has 2 aromatic heterocycles. The summed E-state index contributed by atoms with van der Waals surface area (Å²) in [5.74, 6) is -0.120. The SMILES string of the molecule is O=C(Nc1ncn(Cc2cccc(Cl)c2)n1)c1cn(-c2ccccc2)nc1-c1ccccc1. The summed E-state index contributed by atoms with van der Waals surface area (Å²) in [5.41, 5.74) is 3.70. The van der Waals surface area contributed by atoms with Gasteiger partial charge in [-0.25, -0.2) is 14.3 Å². The largest absolute Gasteiger partial charge is 0.289 e. The number of benzene rings is 3. The number of para-hydroxylation sites is 1. The van der Waals surface area contributed by atoms with E-state index in [0.717, 1.165) is 16.8 Å². The third-order valence-corrected chi connectivity index (χ3v) is 5.26. The van der Waals surface area contributed by atoms with E-state index in [0.29, 0.717) is 22.8 Å². The molecule has 0 unspecified atom stereocenters. The first-order valence-corrected chi connectivity index (χ1v) is 10.7. The summed E-state index contributed by atoms with van der Waals surface area (Å²) >= 11 is 6.05. The lowest BCUT2D eigenvalue weighted by Crippen LogP contribution is -2.14. The fourth-order valence-corrected chi connectivity index (χ4v) is 3.69. The summed E-state index contributed by atoms with van der Waals surface area (Å²) in [4.78, 5) is 17.4. The van der Waals surface area contributed by atoms with Gasteiger partial charge >= 0.3 is 0 Å². The van der Waals surface area contributed by atoms with Crippen molar-refractivity contribution < 1.29 is 4.79 Å². The summed E-state index contributed by atoms with van der Waals surface area (Å²) in [5, 5.41) is 12.5. The van der Waals surface area contributed by atoms with Gasteiger partial charge in [0.05, 0.1) is 17.8 Å². The summed E-state index contributed by atoms with van der Waals surface area (Å²) < 4.78 is 3.34. The number of halogens is 1. The van der Waals surface area contributed by atoms with E-state index in [1.165, 1.54) is 0 Å². The zero-order chi connectivity index (χ0) is 22.6. The van der Waals surface area contributed by atoms with E-state index in [4.69, 9.17) is 11.6 Å². The van der Waals surface area contributed by atoms with Crippen LogP contribution in [0.1, 0.15) is 15.9 Å². The van der Waals surface area contributed by atoms with Crippen LogP contribution < -0.4 is 5.32 Å². The molecule has 2 heterocycles. The number of carbonyl (C=O) groups excluding carboxylic acids is 1. The highest BCUT2D eigenvalue weighted by molar-refractivity contribution is 6.30. The first-order chi connectivity index (χ1) is 16.2. The zero-order valence-electron chi connectivity index (χ0n) is 17.5. The van der Waals surface area contributed by atoms with E-state index in [1.807, 2.05) is 84.9 Å². The molecular weight excluding hydrogens is 436 g/mol. The molecule has 0 saturated carbocycles. The first kappa shape index (κ1) is 20.7. The highest BCUT2D eigenvalue weighted by Crippen LogP contribution is 2.24. The van der Waals surface area contributed by atoms with Gasteiger partial charge in [-0.1, -0.05) is 72.3 Å². The van der Waals surface area contributed by atoms with Gasteiger partial charge in [-0.05, 0) is 29.8 Å². The van der Waals surface area contributed by atoms with E-state index in [1.54, 1.807) is 21.9 Å². The van der Waals surface area contributed by atoms with Crippen molar-refractivity contribution in [3.05, 3.63) is 114 Å². The Morgan fingerprint density at radius 2 is 1.67 bits per heavy atom. The van der Waals surface area contributed by atoms with E-state index in [-0.39, 0.29) is 11.9 Å². The second-order valence-electron chi connectivity index (χ2n) is 7.39. The molecule has 0 aliphatic heterocycles. The molecule has 0 atom stereocenters. The Hall–Kier alpha value is -4.23. The Balaban J connectivity index is 1.41. The first-order valence-electron chi connectivity index (χ1n) is 10.3. The van der Waals surface area contributed by atoms with Crippen LogP contribution in [-0.4, -0.2) is 30.5 Å². The molecule has 1 amide bonds. The smallest absolute Gasteiger partial charge is 0.261 e. The van der Waals surface area contributed by atoms with Crippen molar-refractivity contribution in [2.45, 2.75) is 6.54 Å². The van der Waals surface area contributed by atoms with Crippen molar-refractivity contribution in [2.24, 2.45) is 0 Å². The van der Waals surface area contributed by atoms with Gasteiger partial charge in [-0.2, -0.15) is 5.10 Å². The maximum absolute atomic E-state index is 13.2. The zero-order valence-corrected chi connectivity index (χ0v) is 18.2. The Bertz CT molecular complexity index is 1390. The molecule has 33 heavy (non-hydrogen) atoms. The fourth-order valence-electron chi connectivity index (χ4n) is 3.48. The van der Waals surface area contributed by atoms with Crippen LogP contribution in [0.15, 0.2) is 97.5 Å². The number of aromatic nitrogens is 5. The predicted molar refractivity (Wildman–Crippen MR) is 128 cm³/mol. The lowest BCUT2D eigenvalue weighted by atomic mass is 10.1. The maximum atomic E-state index is 13.2. The second-order valence-corrected chi connectivity index (χ2v) is 7.82. The molecule has 0 fully saturated rings. The van der Waals surface area contributed by atoms with Crippen molar-refractivity contribution >= 4 is 23.5 Å². The normalized spacial score (nSPS) is 10.8. The molecule has 0 radical (unpaired) electrons. The summed E-state index contributed by atoms with van der Waals surface area (Å²) in [7, 11) is 0.